The van der Waals surface area contributed by atoms with Crippen LogP contribution < -0.4 is 15.4 Å². The van der Waals surface area contributed by atoms with Crippen LogP contribution in [0.15, 0.2) is 91.0 Å². The first-order valence-electron chi connectivity index (χ1n) is 11.1. The Morgan fingerprint density at radius 1 is 0.882 bits per heavy atom. The van der Waals surface area contributed by atoms with Crippen molar-refractivity contribution in [3.05, 3.63) is 96.6 Å². The highest BCUT2D eigenvalue weighted by Gasteiger charge is 2.17. The van der Waals surface area contributed by atoms with Gasteiger partial charge in [0.2, 0.25) is 5.91 Å². The molecule has 1 aromatic heterocycles. The molecule has 6 nitrogen and oxygen atoms in total. The molecular weight excluding hydrogens is 426 g/mol. The van der Waals surface area contributed by atoms with Gasteiger partial charge >= 0.3 is 0 Å². The van der Waals surface area contributed by atoms with Crippen molar-refractivity contribution >= 4 is 23.2 Å². The van der Waals surface area contributed by atoms with E-state index in [1.54, 1.807) is 0 Å². The fraction of sp³-hybridized carbons (Fsp3) is 0.107. The molecule has 0 unspecified atom stereocenters. The van der Waals surface area contributed by atoms with Gasteiger partial charge in [0.05, 0.1) is 17.1 Å². The predicted molar refractivity (Wildman–Crippen MR) is 133 cm³/mol. The largest absolute Gasteiger partial charge is 0.482 e. The molecule has 1 aliphatic heterocycles. The number of nitrogens with one attached hydrogen (secondary N) is 2. The van der Waals surface area contributed by atoms with E-state index in [1.807, 2.05) is 91.0 Å². The van der Waals surface area contributed by atoms with E-state index in [2.05, 4.69) is 10.6 Å². The molecule has 2 N–H and O–H groups in total. The fourth-order valence-corrected chi connectivity index (χ4v) is 3.88. The number of carbonyl (C=O) groups excluding carboxylic acids is 2. The molecule has 6 heteroatoms. The fourth-order valence-electron chi connectivity index (χ4n) is 3.88. The van der Waals surface area contributed by atoms with Crippen LogP contribution in [0, 0.1) is 0 Å². The van der Waals surface area contributed by atoms with E-state index in [4.69, 9.17) is 9.72 Å². The summed E-state index contributed by atoms with van der Waals surface area (Å²) < 4.78 is 5.44. The third kappa shape index (κ3) is 4.96. The second-order valence-electron chi connectivity index (χ2n) is 8.07. The molecular formula is C28H23N3O3. The molecule has 0 fully saturated rings. The number of amides is 2. The molecule has 0 saturated carbocycles. The summed E-state index contributed by atoms with van der Waals surface area (Å²) in [6.45, 7) is 0.0270. The van der Waals surface area contributed by atoms with Crippen molar-refractivity contribution in [2.24, 2.45) is 0 Å². The van der Waals surface area contributed by atoms with Crippen LogP contribution >= 0.6 is 0 Å². The smallest absolute Gasteiger partial charge is 0.262 e. The van der Waals surface area contributed by atoms with Gasteiger partial charge in [-0.3, -0.25) is 9.59 Å². The van der Waals surface area contributed by atoms with Crippen molar-refractivity contribution in [2.45, 2.75) is 12.8 Å². The summed E-state index contributed by atoms with van der Waals surface area (Å²) in [5.41, 5.74) is 5.85. The number of benzene rings is 3. The number of ether oxygens (including phenoxy) is 1. The summed E-state index contributed by atoms with van der Waals surface area (Å²) in [6.07, 6.45) is 1.11. The van der Waals surface area contributed by atoms with Gasteiger partial charge in [0.25, 0.3) is 5.91 Å². The van der Waals surface area contributed by atoms with Gasteiger partial charge in [-0.05, 0) is 54.4 Å². The molecule has 0 saturated heterocycles. The molecule has 0 aliphatic carbocycles. The second-order valence-corrected chi connectivity index (χ2v) is 8.07. The summed E-state index contributed by atoms with van der Waals surface area (Å²) in [6, 6.07) is 29.1. The first-order chi connectivity index (χ1) is 16.6. The van der Waals surface area contributed by atoms with Gasteiger partial charge in [-0.15, -0.1) is 0 Å². The van der Waals surface area contributed by atoms with E-state index < -0.39 is 0 Å². The quantitative estimate of drug-likeness (QED) is 0.418. The van der Waals surface area contributed by atoms with Crippen molar-refractivity contribution in [3.8, 4) is 28.3 Å². The average Bonchev–Trinajstić information content (AvgIpc) is 2.88. The third-order valence-electron chi connectivity index (χ3n) is 5.58. The molecule has 0 spiro atoms. The van der Waals surface area contributed by atoms with Crippen LogP contribution in [-0.4, -0.2) is 23.4 Å². The number of fused-ring (bicyclic) bond motifs is 1. The zero-order valence-corrected chi connectivity index (χ0v) is 18.5. The number of rotatable bonds is 6. The van der Waals surface area contributed by atoms with Crippen LogP contribution in [0.5, 0.6) is 5.75 Å². The van der Waals surface area contributed by atoms with Gasteiger partial charge in [-0.2, -0.15) is 0 Å². The summed E-state index contributed by atoms with van der Waals surface area (Å²) >= 11 is 0. The minimum absolute atomic E-state index is 0.0268. The van der Waals surface area contributed by atoms with Gasteiger partial charge in [-0.25, -0.2) is 4.98 Å². The van der Waals surface area contributed by atoms with E-state index in [0.717, 1.165) is 33.8 Å². The zero-order chi connectivity index (χ0) is 23.3. The highest BCUT2D eigenvalue weighted by molar-refractivity contribution is 5.96. The first-order valence-corrected chi connectivity index (χ1v) is 11.1. The lowest BCUT2D eigenvalue weighted by Gasteiger charge is -2.18. The first kappa shape index (κ1) is 21.4. The average molecular weight is 450 g/mol. The maximum Gasteiger partial charge on any atom is 0.262 e. The minimum Gasteiger partial charge on any atom is -0.482 e. The summed E-state index contributed by atoms with van der Waals surface area (Å²) in [4.78, 5) is 28.9. The number of carbonyl (C=O) groups is 2. The number of pyridine rings is 1. The number of nitrogens with zero attached hydrogens (tertiary/aromatic N) is 1. The summed E-state index contributed by atoms with van der Waals surface area (Å²) in [5, 5.41) is 5.82. The molecule has 0 atom stereocenters. The van der Waals surface area contributed by atoms with Crippen molar-refractivity contribution in [1.82, 2.24) is 4.98 Å². The van der Waals surface area contributed by atoms with E-state index in [0.29, 0.717) is 24.3 Å². The molecule has 0 radical (unpaired) electrons. The van der Waals surface area contributed by atoms with Crippen molar-refractivity contribution in [3.63, 3.8) is 0 Å². The molecule has 4 aromatic rings. The number of hydrogen-bond acceptors (Lipinski definition) is 4. The molecule has 34 heavy (non-hydrogen) atoms. The molecule has 168 valence electrons. The Morgan fingerprint density at radius 2 is 1.65 bits per heavy atom. The molecule has 2 heterocycles. The lowest BCUT2D eigenvalue weighted by Crippen LogP contribution is -2.25. The Morgan fingerprint density at radius 3 is 2.47 bits per heavy atom. The lowest BCUT2D eigenvalue weighted by molar-refractivity contribution is -0.118. The maximum absolute atomic E-state index is 12.4. The molecule has 0 bridgehead atoms. The third-order valence-corrected chi connectivity index (χ3v) is 5.58. The second kappa shape index (κ2) is 9.58. The summed E-state index contributed by atoms with van der Waals surface area (Å²) in [5.74, 6) is 0.449. The number of anilines is 2. The van der Waals surface area contributed by atoms with Crippen LogP contribution in [0.1, 0.15) is 12.0 Å². The standard InChI is InChI=1S/C28H23N3O3/c32-27(15-12-19-6-2-1-3-7-19)29-22-9-4-8-20(16-22)23-10-5-11-24(30-23)21-13-14-26-25(17-21)31-28(33)18-34-26/h1-11,13-14,16-17H,12,15,18H2,(H,29,32)(H,31,33). The molecule has 2 amide bonds. The van der Waals surface area contributed by atoms with Gasteiger partial charge in [0.1, 0.15) is 5.75 Å². The normalized spacial score (nSPS) is 12.3. The van der Waals surface area contributed by atoms with Gasteiger partial charge in [0.15, 0.2) is 6.61 Å². The van der Waals surface area contributed by atoms with Crippen LogP contribution in [-0.2, 0) is 16.0 Å². The number of aromatic nitrogens is 1. The van der Waals surface area contributed by atoms with Crippen molar-refractivity contribution < 1.29 is 14.3 Å². The highest BCUT2D eigenvalue weighted by Crippen LogP contribution is 2.33. The topological polar surface area (TPSA) is 80.3 Å². The Kier molecular flexibility index (Phi) is 6.03. The van der Waals surface area contributed by atoms with E-state index in [9.17, 15) is 9.59 Å². The highest BCUT2D eigenvalue weighted by atomic mass is 16.5. The van der Waals surface area contributed by atoms with E-state index in [-0.39, 0.29) is 18.4 Å². The lowest BCUT2D eigenvalue weighted by atomic mass is 10.1. The van der Waals surface area contributed by atoms with Crippen LogP contribution in [0.3, 0.4) is 0 Å². The number of hydrogen-bond donors (Lipinski definition) is 2. The van der Waals surface area contributed by atoms with Crippen LogP contribution in [0.2, 0.25) is 0 Å². The van der Waals surface area contributed by atoms with Crippen LogP contribution in [0.25, 0.3) is 22.5 Å². The Bertz CT molecular complexity index is 1350. The monoisotopic (exact) mass is 449 g/mol. The number of aryl methyl sites for hydroxylation is 1. The Hall–Kier alpha value is -4.45. The van der Waals surface area contributed by atoms with E-state index in [1.165, 1.54) is 0 Å². The van der Waals surface area contributed by atoms with Gasteiger partial charge < -0.3 is 15.4 Å². The molecule has 1 aliphatic rings. The minimum atomic E-state index is -0.172. The SMILES string of the molecule is O=C(CCc1ccccc1)Nc1cccc(-c2cccc(-c3ccc4c(c3)NC(=O)CO4)n2)c1. The Balaban J connectivity index is 1.32. The maximum atomic E-state index is 12.4. The zero-order valence-electron chi connectivity index (χ0n) is 18.5. The van der Waals surface area contributed by atoms with Crippen LogP contribution in [0.4, 0.5) is 11.4 Å². The molecule has 3 aromatic carbocycles. The van der Waals surface area contributed by atoms with Gasteiger partial charge in [-0.1, -0.05) is 48.5 Å². The summed E-state index contributed by atoms with van der Waals surface area (Å²) in [7, 11) is 0. The molecule has 5 rings (SSSR count). The van der Waals surface area contributed by atoms with E-state index >= 15 is 0 Å². The predicted octanol–water partition coefficient (Wildman–Crippen LogP) is 5.32. The van der Waals surface area contributed by atoms with Crippen molar-refractivity contribution in [2.75, 3.05) is 17.2 Å². The van der Waals surface area contributed by atoms with Crippen molar-refractivity contribution in [1.29, 1.82) is 0 Å². The Labute approximate surface area is 197 Å². The van der Waals surface area contributed by atoms with Gasteiger partial charge in [0, 0.05) is 23.2 Å².